The second-order valence-corrected chi connectivity index (χ2v) is 3.75. The molecule has 1 aromatic rings. The van der Waals surface area contributed by atoms with E-state index in [1.807, 2.05) is 0 Å². The molecule has 5 nitrogen and oxygen atoms in total. The molecule has 0 radical (unpaired) electrons. The zero-order valence-corrected chi connectivity index (χ0v) is 9.86. The van der Waals surface area contributed by atoms with Crippen LogP contribution < -0.4 is 10.6 Å². The number of aromatic hydroxyl groups is 1. The quantitative estimate of drug-likeness (QED) is 0.698. The molecule has 0 aliphatic carbocycles. The maximum atomic E-state index is 11.6. The number of phenolic OH excluding ortho intramolecular Hbond substituents is 1. The fraction of sp³-hybridized carbons (Fsp3) is 0.333. The highest BCUT2D eigenvalue weighted by Gasteiger charge is 2.13. The Morgan fingerprint density at radius 2 is 2.12 bits per heavy atom. The van der Waals surface area contributed by atoms with Crippen molar-refractivity contribution in [2.75, 3.05) is 7.05 Å². The van der Waals surface area contributed by atoms with Gasteiger partial charge >= 0.3 is 0 Å². The summed E-state index contributed by atoms with van der Waals surface area (Å²) in [6.07, 6.45) is 0.135. The van der Waals surface area contributed by atoms with Gasteiger partial charge in [0.15, 0.2) is 0 Å². The minimum atomic E-state index is -0.565. The molecule has 0 aliphatic rings. The molecule has 1 rings (SSSR count). The zero-order chi connectivity index (χ0) is 12.8. The van der Waals surface area contributed by atoms with Crippen molar-refractivity contribution in [2.45, 2.75) is 19.4 Å². The number of hydrogen-bond donors (Lipinski definition) is 3. The fourth-order valence-corrected chi connectivity index (χ4v) is 1.43. The molecule has 5 heteroatoms. The van der Waals surface area contributed by atoms with Crippen LogP contribution in [0.25, 0.3) is 0 Å². The minimum Gasteiger partial charge on any atom is -0.508 e. The first-order valence-corrected chi connectivity index (χ1v) is 5.32. The van der Waals surface area contributed by atoms with Crippen LogP contribution in [-0.2, 0) is 16.0 Å². The lowest BCUT2D eigenvalue weighted by atomic mass is 10.1. The molecule has 2 amide bonds. The van der Waals surface area contributed by atoms with Crippen LogP contribution in [0.3, 0.4) is 0 Å². The van der Waals surface area contributed by atoms with Gasteiger partial charge in [0.05, 0.1) is 6.42 Å². The maximum Gasteiger partial charge on any atom is 0.242 e. The molecule has 0 aliphatic heterocycles. The Morgan fingerprint density at radius 3 is 2.71 bits per heavy atom. The summed E-state index contributed by atoms with van der Waals surface area (Å²) >= 11 is 0. The van der Waals surface area contributed by atoms with Gasteiger partial charge in [-0.25, -0.2) is 0 Å². The Balaban J connectivity index is 2.53. The summed E-state index contributed by atoms with van der Waals surface area (Å²) in [4.78, 5) is 22.8. The predicted octanol–water partition coefficient (Wildman–Crippen LogP) is 0.185. The maximum absolute atomic E-state index is 11.6. The standard InChI is InChI=1S/C12H16N2O3/c1-8(12(17)13-2)14-11(16)7-9-4-3-5-10(15)6-9/h3-6,8,15H,7H2,1-2H3,(H,13,17)(H,14,16). The van der Waals surface area contributed by atoms with Gasteiger partial charge in [-0.15, -0.1) is 0 Å². The monoisotopic (exact) mass is 236 g/mol. The average Bonchev–Trinajstić information content (AvgIpc) is 2.27. The molecule has 92 valence electrons. The third-order valence-corrected chi connectivity index (χ3v) is 2.29. The molecule has 1 unspecified atom stereocenters. The highest BCUT2D eigenvalue weighted by atomic mass is 16.3. The van der Waals surface area contributed by atoms with Crippen LogP contribution >= 0.6 is 0 Å². The van der Waals surface area contributed by atoms with Gasteiger partial charge in [0, 0.05) is 7.05 Å². The number of amides is 2. The van der Waals surface area contributed by atoms with Gasteiger partial charge in [-0.3, -0.25) is 9.59 Å². The van der Waals surface area contributed by atoms with Crippen molar-refractivity contribution in [2.24, 2.45) is 0 Å². The highest BCUT2D eigenvalue weighted by molar-refractivity contribution is 5.87. The van der Waals surface area contributed by atoms with Gasteiger partial charge < -0.3 is 15.7 Å². The topological polar surface area (TPSA) is 78.4 Å². The second-order valence-electron chi connectivity index (χ2n) is 3.75. The van der Waals surface area contributed by atoms with Crippen LogP contribution in [0.5, 0.6) is 5.75 Å². The van der Waals surface area contributed by atoms with Gasteiger partial charge in [0.1, 0.15) is 11.8 Å². The molecular formula is C12H16N2O3. The van der Waals surface area contributed by atoms with Crippen LogP contribution in [0.15, 0.2) is 24.3 Å². The van der Waals surface area contributed by atoms with E-state index in [1.165, 1.54) is 19.2 Å². The van der Waals surface area contributed by atoms with E-state index >= 15 is 0 Å². The number of carbonyl (C=O) groups is 2. The predicted molar refractivity (Wildman–Crippen MR) is 63.5 cm³/mol. The number of hydrogen-bond acceptors (Lipinski definition) is 3. The van der Waals surface area contributed by atoms with Gasteiger partial charge in [-0.2, -0.15) is 0 Å². The number of carbonyl (C=O) groups excluding carboxylic acids is 2. The Hall–Kier alpha value is -2.04. The fourth-order valence-electron chi connectivity index (χ4n) is 1.43. The number of phenols is 1. The van der Waals surface area contributed by atoms with E-state index < -0.39 is 6.04 Å². The van der Waals surface area contributed by atoms with Crippen LogP contribution in [0.1, 0.15) is 12.5 Å². The molecule has 0 saturated heterocycles. The summed E-state index contributed by atoms with van der Waals surface area (Å²) in [5.74, 6) is -0.379. The Morgan fingerprint density at radius 1 is 1.41 bits per heavy atom. The van der Waals surface area contributed by atoms with E-state index in [9.17, 15) is 14.7 Å². The SMILES string of the molecule is CNC(=O)C(C)NC(=O)Cc1cccc(O)c1. The third-order valence-electron chi connectivity index (χ3n) is 2.29. The van der Waals surface area contributed by atoms with Gasteiger partial charge in [0.2, 0.25) is 11.8 Å². The Labute approximate surface area is 99.8 Å². The first-order chi connectivity index (χ1) is 8.02. The molecule has 0 aromatic heterocycles. The van der Waals surface area contributed by atoms with Crippen LogP contribution in [-0.4, -0.2) is 30.0 Å². The van der Waals surface area contributed by atoms with Gasteiger partial charge in [0.25, 0.3) is 0 Å². The molecular weight excluding hydrogens is 220 g/mol. The smallest absolute Gasteiger partial charge is 0.242 e. The van der Waals surface area contributed by atoms with Crippen molar-refractivity contribution < 1.29 is 14.7 Å². The molecule has 3 N–H and O–H groups in total. The van der Waals surface area contributed by atoms with E-state index in [0.29, 0.717) is 5.56 Å². The number of benzene rings is 1. The largest absolute Gasteiger partial charge is 0.508 e. The van der Waals surface area contributed by atoms with Crippen LogP contribution in [0.2, 0.25) is 0 Å². The van der Waals surface area contributed by atoms with E-state index in [2.05, 4.69) is 10.6 Å². The third kappa shape index (κ3) is 4.14. The molecule has 1 atom stereocenters. The van der Waals surface area contributed by atoms with Crippen molar-refractivity contribution in [3.63, 3.8) is 0 Å². The van der Waals surface area contributed by atoms with Gasteiger partial charge in [-0.1, -0.05) is 12.1 Å². The van der Waals surface area contributed by atoms with Crippen molar-refractivity contribution in [3.8, 4) is 5.75 Å². The van der Waals surface area contributed by atoms with E-state index in [4.69, 9.17) is 0 Å². The Kier molecular flexibility index (Phi) is 4.51. The average molecular weight is 236 g/mol. The molecule has 0 saturated carbocycles. The summed E-state index contributed by atoms with van der Waals surface area (Å²) in [7, 11) is 1.51. The lowest BCUT2D eigenvalue weighted by molar-refractivity contribution is -0.128. The van der Waals surface area contributed by atoms with E-state index in [-0.39, 0.29) is 24.0 Å². The number of rotatable bonds is 4. The first kappa shape index (κ1) is 13.0. The van der Waals surface area contributed by atoms with Crippen molar-refractivity contribution >= 4 is 11.8 Å². The van der Waals surface area contributed by atoms with Crippen LogP contribution in [0, 0.1) is 0 Å². The molecule has 1 aromatic carbocycles. The molecule has 0 spiro atoms. The molecule has 0 fully saturated rings. The van der Waals surface area contributed by atoms with E-state index in [1.54, 1.807) is 19.1 Å². The second kappa shape index (κ2) is 5.89. The van der Waals surface area contributed by atoms with Crippen molar-refractivity contribution in [1.29, 1.82) is 0 Å². The normalized spacial score (nSPS) is 11.6. The van der Waals surface area contributed by atoms with Gasteiger partial charge in [-0.05, 0) is 24.6 Å². The summed E-state index contributed by atoms with van der Waals surface area (Å²) in [6, 6.07) is 5.90. The number of nitrogens with one attached hydrogen (secondary N) is 2. The van der Waals surface area contributed by atoms with Crippen molar-refractivity contribution in [3.05, 3.63) is 29.8 Å². The summed E-state index contributed by atoms with van der Waals surface area (Å²) in [5.41, 5.74) is 0.701. The molecule has 17 heavy (non-hydrogen) atoms. The Bertz CT molecular complexity index is 418. The molecule has 0 bridgehead atoms. The summed E-state index contributed by atoms with van der Waals surface area (Å²) in [6.45, 7) is 1.61. The van der Waals surface area contributed by atoms with Crippen molar-refractivity contribution in [1.82, 2.24) is 10.6 Å². The van der Waals surface area contributed by atoms with E-state index in [0.717, 1.165) is 0 Å². The lowest BCUT2D eigenvalue weighted by Crippen LogP contribution is -2.44. The summed E-state index contributed by atoms with van der Waals surface area (Å²) in [5, 5.41) is 14.3. The number of likely N-dealkylation sites (N-methyl/N-ethyl adjacent to an activating group) is 1. The highest BCUT2D eigenvalue weighted by Crippen LogP contribution is 2.11. The summed E-state index contributed by atoms with van der Waals surface area (Å²) < 4.78 is 0. The van der Waals surface area contributed by atoms with Crippen LogP contribution in [0.4, 0.5) is 0 Å². The lowest BCUT2D eigenvalue weighted by Gasteiger charge is -2.12. The zero-order valence-electron chi connectivity index (χ0n) is 9.86. The first-order valence-electron chi connectivity index (χ1n) is 5.32. The molecule has 0 heterocycles. The minimum absolute atomic E-state index is 0.120.